The molecule has 2 saturated carbocycles. The van der Waals surface area contributed by atoms with E-state index in [0.717, 1.165) is 24.3 Å². The van der Waals surface area contributed by atoms with Crippen molar-refractivity contribution in [2.75, 3.05) is 20.2 Å². The van der Waals surface area contributed by atoms with Crippen molar-refractivity contribution in [1.82, 2.24) is 4.90 Å². The van der Waals surface area contributed by atoms with Gasteiger partial charge in [0.15, 0.2) is 17.6 Å². The zero-order chi connectivity index (χ0) is 16.0. The van der Waals surface area contributed by atoms with E-state index in [-0.39, 0.29) is 24.0 Å². The number of nitrogens with two attached hydrogens (primary N) is 1. The van der Waals surface area contributed by atoms with Crippen LogP contribution < -0.4 is 15.2 Å². The summed E-state index contributed by atoms with van der Waals surface area (Å²) < 4.78 is 11.7. The van der Waals surface area contributed by atoms with Gasteiger partial charge in [0, 0.05) is 13.1 Å². The van der Waals surface area contributed by atoms with Crippen LogP contribution in [0.1, 0.15) is 19.3 Å². The molecule has 2 aliphatic carbocycles. The SMILES string of the molecule is CN(CC1COc2ccccc2O1)C(=O)C1C2CCC(C2)C1N. The number of para-hydroxylation sites is 2. The number of carbonyl (C=O) groups is 1. The van der Waals surface area contributed by atoms with E-state index in [4.69, 9.17) is 15.2 Å². The Morgan fingerprint density at radius 1 is 1.26 bits per heavy atom. The average molecular weight is 316 g/mol. The van der Waals surface area contributed by atoms with Gasteiger partial charge in [-0.15, -0.1) is 0 Å². The smallest absolute Gasteiger partial charge is 0.227 e. The van der Waals surface area contributed by atoms with Crippen LogP contribution in [0.25, 0.3) is 0 Å². The molecule has 0 saturated heterocycles. The summed E-state index contributed by atoms with van der Waals surface area (Å²) in [5.41, 5.74) is 6.30. The number of benzene rings is 1. The Bertz CT molecular complexity index is 604. The molecule has 4 rings (SSSR count). The Balaban J connectivity index is 1.39. The number of rotatable bonds is 3. The molecule has 124 valence electrons. The van der Waals surface area contributed by atoms with Crippen LogP contribution in [0.15, 0.2) is 24.3 Å². The number of hydrogen-bond donors (Lipinski definition) is 1. The van der Waals surface area contributed by atoms with Gasteiger partial charge >= 0.3 is 0 Å². The molecular weight excluding hydrogens is 292 g/mol. The molecule has 2 fully saturated rings. The summed E-state index contributed by atoms with van der Waals surface area (Å²) in [5.74, 6) is 2.72. The molecule has 1 aliphatic heterocycles. The van der Waals surface area contributed by atoms with Crippen molar-refractivity contribution in [3.63, 3.8) is 0 Å². The molecule has 1 amide bonds. The van der Waals surface area contributed by atoms with Crippen LogP contribution >= 0.6 is 0 Å². The lowest BCUT2D eigenvalue weighted by Crippen LogP contribution is -2.49. The maximum atomic E-state index is 12.8. The third-order valence-electron chi connectivity index (χ3n) is 5.69. The predicted molar refractivity (Wildman–Crippen MR) is 86.3 cm³/mol. The fourth-order valence-electron chi connectivity index (χ4n) is 4.51. The Morgan fingerprint density at radius 2 is 2.00 bits per heavy atom. The first-order chi connectivity index (χ1) is 11.1. The summed E-state index contributed by atoms with van der Waals surface area (Å²) in [6, 6.07) is 7.68. The Kier molecular flexibility index (Phi) is 3.68. The van der Waals surface area contributed by atoms with Crippen molar-refractivity contribution < 1.29 is 14.3 Å². The van der Waals surface area contributed by atoms with Crippen molar-refractivity contribution in [3.05, 3.63) is 24.3 Å². The van der Waals surface area contributed by atoms with Gasteiger partial charge in [0.1, 0.15) is 6.61 Å². The minimum atomic E-state index is -0.131. The number of fused-ring (bicyclic) bond motifs is 3. The van der Waals surface area contributed by atoms with Crippen LogP contribution in [0.5, 0.6) is 11.5 Å². The molecule has 0 radical (unpaired) electrons. The molecule has 5 unspecified atom stereocenters. The van der Waals surface area contributed by atoms with E-state index in [1.54, 1.807) is 4.90 Å². The van der Waals surface area contributed by atoms with Crippen LogP contribution in [0.2, 0.25) is 0 Å². The molecule has 5 atom stereocenters. The normalized spacial score (nSPS) is 34.4. The summed E-state index contributed by atoms with van der Waals surface area (Å²) in [5, 5.41) is 0. The van der Waals surface area contributed by atoms with E-state index in [1.165, 1.54) is 6.42 Å². The lowest BCUT2D eigenvalue weighted by Gasteiger charge is -2.33. The van der Waals surface area contributed by atoms with E-state index in [0.29, 0.717) is 25.0 Å². The first-order valence-electron chi connectivity index (χ1n) is 8.52. The minimum absolute atomic E-state index is 0.00412. The maximum absolute atomic E-state index is 12.8. The fourth-order valence-corrected chi connectivity index (χ4v) is 4.51. The number of nitrogens with zero attached hydrogens (tertiary/aromatic N) is 1. The third kappa shape index (κ3) is 2.57. The van der Waals surface area contributed by atoms with Gasteiger partial charge in [-0.2, -0.15) is 0 Å². The van der Waals surface area contributed by atoms with Gasteiger partial charge in [-0.05, 0) is 43.2 Å². The number of carbonyl (C=O) groups excluding carboxylic acids is 1. The minimum Gasteiger partial charge on any atom is -0.486 e. The molecular formula is C18H24N2O3. The van der Waals surface area contributed by atoms with Crippen LogP contribution in [-0.4, -0.2) is 43.2 Å². The molecule has 2 N–H and O–H groups in total. The van der Waals surface area contributed by atoms with E-state index in [2.05, 4.69) is 0 Å². The molecule has 5 nitrogen and oxygen atoms in total. The second-order valence-corrected chi connectivity index (χ2v) is 7.15. The molecule has 5 heteroatoms. The Labute approximate surface area is 136 Å². The Hall–Kier alpha value is -1.75. The largest absolute Gasteiger partial charge is 0.486 e. The van der Waals surface area contributed by atoms with Crippen LogP contribution in [0, 0.1) is 17.8 Å². The first-order valence-corrected chi connectivity index (χ1v) is 8.52. The van der Waals surface area contributed by atoms with E-state index in [1.807, 2.05) is 31.3 Å². The lowest BCUT2D eigenvalue weighted by atomic mass is 9.84. The molecule has 23 heavy (non-hydrogen) atoms. The van der Waals surface area contributed by atoms with E-state index < -0.39 is 0 Å². The molecule has 1 heterocycles. The zero-order valence-corrected chi connectivity index (χ0v) is 13.5. The Morgan fingerprint density at radius 3 is 2.74 bits per heavy atom. The van der Waals surface area contributed by atoms with E-state index in [9.17, 15) is 4.79 Å². The van der Waals surface area contributed by atoms with Crippen molar-refractivity contribution in [1.29, 1.82) is 0 Å². The van der Waals surface area contributed by atoms with Crippen LogP contribution in [-0.2, 0) is 4.79 Å². The van der Waals surface area contributed by atoms with Gasteiger partial charge in [0.2, 0.25) is 5.91 Å². The summed E-state index contributed by atoms with van der Waals surface area (Å²) >= 11 is 0. The molecule has 1 aromatic rings. The molecule has 2 bridgehead atoms. The number of ether oxygens (including phenoxy) is 2. The van der Waals surface area contributed by atoms with Gasteiger partial charge < -0.3 is 20.1 Å². The number of amides is 1. The highest BCUT2D eigenvalue weighted by Crippen LogP contribution is 2.48. The summed E-state index contributed by atoms with van der Waals surface area (Å²) in [4.78, 5) is 14.6. The second kappa shape index (κ2) is 5.71. The molecule has 1 aromatic carbocycles. The van der Waals surface area contributed by atoms with Gasteiger partial charge in [0.25, 0.3) is 0 Å². The van der Waals surface area contributed by atoms with Crippen molar-refractivity contribution in [2.45, 2.75) is 31.4 Å². The topological polar surface area (TPSA) is 64.8 Å². The maximum Gasteiger partial charge on any atom is 0.227 e. The van der Waals surface area contributed by atoms with Gasteiger partial charge in [0.05, 0.1) is 12.5 Å². The quantitative estimate of drug-likeness (QED) is 0.921. The number of hydrogen-bond acceptors (Lipinski definition) is 4. The highest BCUT2D eigenvalue weighted by atomic mass is 16.6. The van der Waals surface area contributed by atoms with Crippen molar-refractivity contribution in [3.8, 4) is 11.5 Å². The standard InChI is InChI=1S/C18H24N2O3/c1-20(18(21)16-11-6-7-12(8-11)17(16)19)9-13-10-22-14-4-2-3-5-15(14)23-13/h2-5,11-13,16-17H,6-10,19H2,1H3. The molecule has 0 aromatic heterocycles. The average Bonchev–Trinajstić information content (AvgIpc) is 3.15. The number of likely N-dealkylation sites (N-methyl/N-ethyl adjacent to an activating group) is 1. The van der Waals surface area contributed by atoms with Crippen molar-refractivity contribution >= 4 is 5.91 Å². The summed E-state index contributed by atoms with van der Waals surface area (Å²) in [6.45, 7) is 1.01. The molecule has 3 aliphatic rings. The zero-order valence-electron chi connectivity index (χ0n) is 13.5. The van der Waals surface area contributed by atoms with Crippen molar-refractivity contribution in [2.24, 2.45) is 23.5 Å². The highest BCUT2D eigenvalue weighted by Gasteiger charge is 2.49. The molecule has 0 spiro atoms. The lowest BCUT2D eigenvalue weighted by molar-refractivity contribution is -0.137. The first kappa shape index (κ1) is 14.8. The highest BCUT2D eigenvalue weighted by molar-refractivity contribution is 5.80. The van der Waals surface area contributed by atoms with E-state index >= 15 is 0 Å². The summed E-state index contributed by atoms with van der Waals surface area (Å²) in [6.07, 6.45) is 3.34. The third-order valence-corrected chi connectivity index (χ3v) is 5.69. The summed E-state index contributed by atoms with van der Waals surface area (Å²) in [7, 11) is 1.85. The van der Waals surface area contributed by atoms with Crippen LogP contribution in [0.3, 0.4) is 0 Å². The second-order valence-electron chi connectivity index (χ2n) is 7.15. The monoisotopic (exact) mass is 316 g/mol. The fraction of sp³-hybridized carbons (Fsp3) is 0.611. The van der Waals surface area contributed by atoms with Gasteiger partial charge in [-0.3, -0.25) is 4.79 Å². The predicted octanol–water partition coefficient (Wildman–Crippen LogP) is 1.66. The van der Waals surface area contributed by atoms with Gasteiger partial charge in [-0.25, -0.2) is 0 Å². The van der Waals surface area contributed by atoms with Crippen LogP contribution in [0.4, 0.5) is 0 Å². The van der Waals surface area contributed by atoms with Gasteiger partial charge in [-0.1, -0.05) is 12.1 Å².